The SMILES string of the molecule is COc1ccccc1C(NN)C1CC1C. The van der Waals surface area contributed by atoms with E-state index in [9.17, 15) is 0 Å². The molecule has 1 saturated carbocycles. The van der Waals surface area contributed by atoms with Gasteiger partial charge in [-0.3, -0.25) is 11.3 Å². The molecule has 82 valence electrons. The molecule has 3 nitrogen and oxygen atoms in total. The lowest BCUT2D eigenvalue weighted by Gasteiger charge is -2.18. The predicted molar refractivity (Wildman–Crippen MR) is 60.3 cm³/mol. The molecule has 1 aromatic carbocycles. The summed E-state index contributed by atoms with van der Waals surface area (Å²) >= 11 is 0. The summed E-state index contributed by atoms with van der Waals surface area (Å²) in [6.07, 6.45) is 1.24. The molecule has 1 aliphatic carbocycles. The molecule has 1 aliphatic rings. The van der Waals surface area contributed by atoms with Gasteiger partial charge in [0.15, 0.2) is 0 Å². The molecule has 0 saturated heterocycles. The van der Waals surface area contributed by atoms with Gasteiger partial charge in [-0.1, -0.05) is 25.1 Å². The standard InChI is InChI=1S/C12H18N2O/c1-8-7-10(8)12(14-13)9-5-3-4-6-11(9)15-2/h3-6,8,10,12,14H,7,13H2,1-2H3. The van der Waals surface area contributed by atoms with Crippen molar-refractivity contribution in [2.24, 2.45) is 17.7 Å². The van der Waals surface area contributed by atoms with Crippen molar-refractivity contribution < 1.29 is 4.74 Å². The van der Waals surface area contributed by atoms with Crippen LogP contribution in [0.5, 0.6) is 5.75 Å². The summed E-state index contributed by atoms with van der Waals surface area (Å²) in [6.45, 7) is 2.25. The van der Waals surface area contributed by atoms with Gasteiger partial charge in [-0.2, -0.15) is 0 Å². The first-order valence-electron chi connectivity index (χ1n) is 5.37. The fourth-order valence-corrected chi connectivity index (χ4v) is 2.18. The summed E-state index contributed by atoms with van der Waals surface area (Å²) in [6, 6.07) is 8.28. The van der Waals surface area contributed by atoms with Crippen molar-refractivity contribution in [1.82, 2.24) is 5.43 Å². The summed E-state index contributed by atoms with van der Waals surface area (Å²) in [7, 11) is 1.70. The average Bonchev–Trinajstić information content (AvgIpc) is 2.97. The van der Waals surface area contributed by atoms with Gasteiger partial charge in [-0.05, 0) is 24.3 Å². The molecule has 0 aromatic heterocycles. The lowest BCUT2D eigenvalue weighted by atomic mass is 10.0. The summed E-state index contributed by atoms with van der Waals surface area (Å²) in [4.78, 5) is 0. The van der Waals surface area contributed by atoms with Crippen LogP contribution in [0.25, 0.3) is 0 Å². The van der Waals surface area contributed by atoms with E-state index in [2.05, 4.69) is 18.4 Å². The van der Waals surface area contributed by atoms with Crippen LogP contribution in [0.3, 0.4) is 0 Å². The highest BCUT2D eigenvalue weighted by Crippen LogP contribution is 2.48. The number of ether oxygens (including phenoxy) is 1. The van der Waals surface area contributed by atoms with E-state index in [4.69, 9.17) is 10.6 Å². The molecule has 0 radical (unpaired) electrons. The fraction of sp³-hybridized carbons (Fsp3) is 0.500. The monoisotopic (exact) mass is 206 g/mol. The summed E-state index contributed by atoms with van der Waals surface area (Å²) in [5.41, 5.74) is 4.07. The number of nitrogens with two attached hydrogens (primary N) is 1. The first-order valence-corrected chi connectivity index (χ1v) is 5.37. The van der Waals surface area contributed by atoms with Crippen LogP contribution in [0.2, 0.25) is 0 Å². The van der Waals surface area contributed by atoms with Gasteiger partial charge in [0.25, 0.3) is 0 Å². The largest absolute Gasteiger partial charge is 0.496 e. The molecule has 0 spiro atoms. The second-order valence-corrected chi connectivity index (χ2v) is 4.26. The third-order valence-corrected chi connectivity index (χ3v) is 3.25. The number of methoxy groups -OCH3 is 1. The van der Waals surface area contributed by atoms with Gasteiger partial charge < -0.3 is 4.74 Å². The van der Waals surface area contributed by atoms with Crippen LogP contribution in [-0.2, 0) is 0 Å². The molecule has 15 heavy (non-hydrogen) atoms. The van der Waals surface area contributed by atoms with E-state index in [0.29, 0.717) is 5.92 Å². The minimum atomic E-state index is 0.219. The Bertz CT molecular complexity index is 340. The van der Waals surface area contributed by atoms with E-state index in [1.54, 1.807) is 7.11 Å². The summed E-state index contributed by atoms with van der Waals surface area (Å²) in [5.74, 6) is 7.95. The number of hydrogen-bond acceptors (Lipinski definition) is 3. The quantitative estimate of drug-likeness (QED) is 0.584. The van der Waals surface area contributed by atoms with Gasteiger partial charge in [-0.25, -0.2) is 0 Å². The van der Waals surface area contributed by atoms with Crippen LogP contribution in [0, 0.1) is 11.8 Å². The Kier molecular flexibility index (Phi) is 2.93. The third-order valence-electron chi connectivity index (χ3n) is 3.25. The van der Waals surface area contributed by atoms with Gasteiger partial charge in [0.05, 0.1) is 13.2 Å². The van der Waals surface area contributed by atoms with E-state index in [1.807, 2.05) is 18.2 Å². The van der Waals surface area contributed by atoms with Crippen LogP contribution < -0.4 is 16.0 Å². The van der Waals surface area contributed by atoms with Gasteiger partial charge in [0, 0.05) is 5.56 Å². The first-order chi connectivity index (χ1) is 7.27. The molecule has 1 fully saturated rings. The van der Waals surface area contributed by atoms with E-state index in [-0.39, 0.29) is 6.04 Å². The minimum Gasteiger partial charge on any atom is -0.496 e. The zero-order valence-corrected chi connectivity index (χ0v) is 9.23. The fourth-order valence-electron chi connectivity index (χ4n) is 2.18. The van der Waals surface area contributed by atoms with E-state index in [0.717, 1.165) is 17.2 Å². The minimum absolute atomic E-state index is 0.219. The molecule has 0 heterocycles. The van der Waals surface area contributed by atoms with Crippen molar-refractivity contribution in [1.29, 1.82) is 0 Å². The zero-order chi connectivity index (χ0) is 10.8. The maximum atomic E-state index is 5.63. The van der Waals surface area contributed by atoms with Crippen molar-refractivity contribution in [3.05, 3.63) is 29.8 Å². The number of hydrogen-bond donors (Lipinski definition) is 2. The van der Waals surface area contributed by atoms with E-state index < -0.39 is 0 Å². The second kappa shape index (κ2) is 4.21. The van der Waals surface area contributed by atoms with Gasteiger partial charge in [0.2, 0.25) is 0 Å². The lowest BCUT2D eigenvalue weighted by molar-refractivity contribution is 0.389. The van der Waals surface area contributed by atoms with Gasteiger partial charge in [-0.15, -0.1) is 0 Å². The Hall–Kier alpha value is -1.06. The maximum Gasteiger partial charge on any atom is 0.123 e. The van der Waals surface area contributed by atoms with Crippen molar-refractivity contribution in [3.63, 3.8) is 0 Å². The third kappa shape index (κ3) is 1.98. The average molecular weight is 206 g/mol. The Labute approximate surface area is 90.6 Å². The molecule has 2 rings (SSSR count). The van der Waals surface area contributed by atoms with Crippen molar-refractivity contribution >= 4 is 0 Å². The Balaban J connectivity index is 2.25. The van der Waals surface area contributed by atoms with E-state index >= 15 is 0 Å². The lowest BCUT2D eigenvalue weighted by Crippen LogP contribution is -2.30. The zero-order valence-electron chi connectivity index (χ0n) is 9.23. The Morgan fingerprint density at radius 3 is 2.67 bits per heavy atom. The summed E-state index contributed by atoms with van der Waals surface area (Å²) < 4.78 is 5.35. The molecular formula is C12H18N2O. The molecule has 0 aliphatic heterocycles. The molecule has 0 bridgehead atoms. The Morgan fingerprint density at radius 1 is 1.47 bits per heavy atom. The highest BCUT2D eigenvalue weighted by atomic mass is 16.5. The topological polar surface area (TPSA) is 47.3 Å². The molecule has 0 amide bonds. The number of rotatable bonds is 4. The molecule has 3 heteroatoms. The van der Waals surface area contributed by atoms with Crippen LogP contribution in [-0.4, -0.2) is 7.11 Å². The molecular weight excluding hydrogens is 188 g/mol. The second-order valence-electron chi connectivity index (χ2n) is 4.26. The number of hydrazine groups is 1. The molecule has 3 N–H and O–H groups in total. The summed E-state index contributed by atoms with van der Waals surface area (Å²) in [5, 5.41) is 0. The highest BCUT2D eigenvalue weighted by molar-refractivity contribution is 5.37. The number of para-hydroxylation sites is 1. The number of benzene rings is 1. The van der Waals surface area contributed by atoms with Crippen LogP contribution in [0.4, 0.5) is 0 Å². The van der Waals surface area contributed by atoms with Crippen LogP contribution in [0.1, 0.15) is 24.9 Å². The van der Waals surface area contributed by atoms with Crippen molar-refractivity contribution in [2.45, 2.75) is 19.4 Å². The first kappa shape index (κ1) is 10.5. The highest BCUT2D eigenvalue weighted by Gasteiger charge is 2.40. The molecule has 1 aromatic rings. The number of nitrogens with one attached hydrogen (secondary N) is 1. The molecule has 3 unspecified atom stereocenters. The maximum absolute atomic E-state index is 5.63. The van der Waals surface area contributed by atoms with Gasteiger partial charge in [0.1, 0.15) is 5.75 Å². The Morgan fingerprint density at radius 2 is 2.13 bits per heavy atom. The van der Waals surface area contributed by atoms with Crippen LogP contribution in [0.15, 0.2) is 24.3 Å². The normalized spacial score (nSPS) is 26.1. The predicted octanol–water partition coefficient (Wildman–Crippen LogP) is 1.86. The van der Waals surface area contributed by atoms with Crippen molar-refractivity contribution in [3.8, 4) is 5.75 Å². The van der Waals surface area contributed by atoms with Gasteiger partial charge >= 0.3 is 0 Å². The van der Waals surface area contributed by atoms with Crippen molar-refractivity contribution in [2.75, 3.05) is 7.11 Å². The molecule has 3 atom stereocenters. The van der Waals surface area contributed by atoms with E-state index in [1.165, 1.54) is 6.42 Å². The smallest absolute Gasteiger partial charge is 0.123 e. The van der Waals surface area contributed by atoms with Crippen LogP contribution >= 0.6 is 0 Å².